The SMILES string of the molecule is CC(C)(C)c1ccc2c(c1)c1cc(C(C)(C)C)ccc1n2-c1ccc2c(c1)N(c1cc(-c3ccccc3)cc(C3C=CC=CC3)c1)c1cc(-n3c4ccc(C(C)(C)C)cc4c4cc(C(C)(C)C)ccc43)cc3c1B2c1ccc(-n2c4ccccc4c4cc(-n5c6ccccc6c6ccccc65)ccc42)cc1N3c1cc(-c2ccccc2)cc(-c2ccccc2)c1. The zero-order valence-electron chi connectivity index (χ0n) is 73.2. The fourth-order valence-corrected chi connectivity index (χ4v) is 20.9. The van der Waals surface area contributed by atoms with Crippen LogP contribution in [0.25, 0.3) is 143 Å². The Morgan fingerprint density at radius 3 is 0.952 bits per heavy atom. The van der Waals surface area contributed by atoms with Crippen molar-refractivity contribution in [3.63, 3.8) is 0 Å². The first kappa shape index (κ1) is 75.8. The van der Waals surface area contributed by atoms with E-state index in [-0.39, 0.29) is 34.3 Å². The third kappa shape index (κ3) is 12.3. The summed E-state index contributed by atoms with van der Waals surface area (Å²) in [5, 5.41) is 9.86. The molecular weight excluding hydrogens is 1510 g/mol. The van der Waals surface area contributed by atoms with Crippen molar-refractivity contribution in [1.29, 1.82) is 0 Å². The van der Waals surface area contributed by atoms with Crippen LogP contribution in [-0.2, 0) is 21.7 Å². The van der Waals surface area contributed by atoms with Crippen molar-refractivity contribution in [2.75, 3.05) is 9.80 Å². The van der Waals surface area contributed by atoms with Gasteiger partial charge in [0.05, 0.1) is 49.8 Å². The van der Waals surface area contributed by atoms with E-state index in [1.165, 1.54) is 120 Å². The van der Waals surface area contributed by atoms with Gasteiger partial charge in [0, 0.05) is 100 Å². The van der Waals surface area contributed by atoms with Crippen molar-refractivity contribution in [1.82, 2.24) is 18.3 Å². The molecule has 0 N–H and O–H groups in total. The number of benzene rings is 16. The van der Waals surface area contributed by atoms with E-state index in [2.05, 4.69) is 475 Å². The Balaban J connectivity index is 0.867. The summed E-state index contributed by atoms with van der Waals surface area (Å²) in [5.74, 6) is 0.136. The molecule has 2 aliphatic heterocycles. The molecule has 125 heavy (non-hydrogen) atoms. The minimum absolute atomic E-state index is 0.0767. The maximum Gasteiger partial charge on any atom is 0.252 e. The molecule has 0 bridgehead atoms. The Hall–Kier alpha value is -14.1. The average molecular weight is 1610 g/mol. The molecule has 3 aliphatic rings. The zero-order valence-corrected chi connectivity index (χ0v) is 73.2. The van der Waals surface area contributed by atoms with Crippen LogP contribution in [0.3, 0.4) is 0 Å². The molecule has 1 unspecified atom stereocenters. The van der Waals surface area contributed by atoms with E-state index in [1.807, 2.05) is 0 Å². The van der Waals surface area contributed by atoms with Gasteiger partial charge in [-0.05, 0) is 257 Å². The molecule has 0 spiro atoms. The maximum atomic E-state index is 2.71. The highest BCUT2D eigenvalue weighted by atomic mass is 15.2. The smallest absolute Gasteiger partial charge is 0.252 e. The summed E-state index contributed by atoms with van der Waals surface area (Å²) in [6.45, 7) is 27.8. The van der Waals surface area contributed by atoms with Gasteiger partial charge < -0.3 is 28.1 Å². The molecule has 1 atom stereocenters. The number of anilines is 6. The molecule has 4 aromatic heterocycles. The van der Waals surface area contributed by atoms with Crippen LogP contribution in [0.4, 0.5) is 34.1 Å². The normalized spacial score (nSPS) is 14.2. The number of allylic oxidation sites excluding steroid dienone is 4. The van der Waals surface area contributed by atoms with E-state index in [9.17, 15) is 0 Å². The molecule has 6 heterocycles. The van der Waals surface area contributed by atoms with E-state index < -0.39 is 0 Å². The molecule has 7 heteroatoms. The molecule has 0 saturated carbocycles. The van der Waals surface area contributed by atoms with Crippen LogP contribution in [0.2, 0.25) is 0 Å². The van der Waals surface area contributed by atoms with Gasteiger partial charge >= 0.3 is 0 Å². The van der Waals surface area contributed by atoms with Gasteiger partial charge in [-0.2, -0.15) is 0 Å². The number of nitrogens with zero attached hydrogens (tertiary/aromatic N) is 6. The van der Waals surface area contributed by atoms with Crippen molar-refractivity contribution in [3.05, 3.63) is 392 Å². The van der Waals surface area contributed by atoms with Gasteiger partial charge in [-0.25, -0.2) is 0 Å². The van der Waals surface area contributed by atoms with Crippen LogP contribution in [0.15, 0.2) is 364 Å². The Morgan fingerprint density at radius 2 is 0.560 bits per heavy atom. The second kappa shape index (κ2) is 28.2. The number of fused-ring (bicyclic) bond motifs is 16. The lowest BCUT2D eigenvalue weighted by atomic mass is 9.33. The molecule has 23 rings (SSSR count). The quantitative estimate of drug-likeness (QED) is 0.128. The van der Waals surface area contributed by atoms with Gasteiger partial charge in [0.1, 0.15) is 0 Å². The highest BCUT2D eigenvalue weighted by Crippen LogP contribution is 2.52. The predicted molar refractivity (Wildman–Crippen MR) is 535 cm³/mol. The average Bonchev–Trinajstić information content (AvgIpc) is 1.40. The minimum Gasteiger partial charge on any atom is -0.311 e. The lowest BCUT2D eigenvalue weighted by molar-refractivity contribution is 0.590. The van der Waals surface area contributed by atoms with Crippen LogP contribution in [0.5, 0.6) is 0 Å². The third-order valence-corrected chi connectivity index (χ3v) is 27.4. The molecule has 0 saturated heterocycles. The van der Waals surface area contributed by atoms with Gasteiger partial charge in [0.2, 0.25) is 0 Å². The highest BCUT2D eigenvalue weighted by molar-refractivity contribution is 7.00. The summed E-state index contributed by atoms with van der Waals surface area (Å²) in [5.41, 5.74) is 36.9. The molecule has 0 radical (unpaired) electrons. The first-order valence-electron chi connectivity index (χ1n) is 44.6. The van der Waals surface area contributed by atoms with Crippen molar-refractivity contribution < 1.29 is 0 Å². The van der Waals surface area contributed by atoms with E-state index in [0.29, 0.717) is 0 Å². The summed E-state index contributed by atoms with van der Waals surface area (Å²) in [6, 6.07) is 131. The lowest BCUT2D eigenvalue weighted by Crippen LogP contribution is -2.61. The van der Waals surface area contributed by atoms with Crippen LogP contribution in [0, 0.1) is 0 Å². The van der Waals surface area contributed by atoms with Gasteiger partial charge in [-0.3, -0.25) is 0 Å². The van der Waals surface area contributed by atoms with Gasteiger partial charge in [-0.15, -0.1) is 0 Å². The summed E-state index contributed by atoms with van der Waals surface area (Å²) >= 11 is 0. The predicted octanol–water partition coefficient (Wildman–Crippen LogP) is 29.9. The minimum atomic E-state index is -0.292. The van der Waals surface area contributed by atoms with E-state index in [1.54, 1.807) is 0 Å². The number of hydrogen-bond donors (Lipinski definition) is 0. The number of para-hydroxylation sites is 3. The van der Waals surface area contributed by atoms with E-state index in [0.717, 1.165) is 108 Å². The second-order valence-corrected chi connectivity index (χ2v) is 39.3. The van der Waals surface area contributed by atoms with E-state index >= 15 is 0 Å². The van der Waals surface area contributed by atoms with E-state index in [4.69, 9.17) is 0 Å². The molecule has 16 aromatic carbocycles. The van der Waals surface area contributed by atoms with Gasteiger partial charge in [-0.1, -0.05) is 295 Å². The van der Waals surface area contributed by atoms with Crippen LogP contribution >= 0.6 is 0 Å². The number of rotatable bonds is 10. The summed E-state index contributed by atoms with van der Waals surface area (Å²) in [6.07, 6.45) is 10.1. The topological polar surface area (TPSA) is 26.2 Å². The molecular formula is C118H99BN6. The van der Waals surface area contributed by atoms with Gasteiger partial charge in [0.15, 0.2) is 0 Å². The number of hydrogen-bond acceptors (Lipinski definition) is 2. The molecule has 604 valence electrons. The monoisotopic (exact) mass is 1610 g/mol. The van der Waals surface area contributed by atoms with Crippen molar-refractivity contribution in [2.45, 2.75) is 117 Å². The summed E-state index contributed by atoms with van der Waals surface area (Å²) in [4.78, 5) is 5.40. The van der Waals surface area contributed by atoms with Crippen molar-refractivity contribution in [3.8, 4) is 56.1 Å². The molecule has 0 fully saturated rings. The van der Waals surface area contributed by atoms with Gasteiger partial charge in [0.25, 0.3) is 6.71 Å². The Bertz CT molecular complexity index is 7670. The largest absolute Gasteiger partial charge is 0.311 e. The molecule has 1 aliphatic carbocycles. The van der Waals surface area contributed by atoms with Crippen molar-refractivity contribution in [2.24, 2.45) is 0 Å². The Kier molecular flexibility index (Phi) is 17.1. The maximum absolute atomic E-state index is 2.71. The molecule has 0 amide bonds. The third-order valence-electron chi connectivity index (χ3n) is 27.4. The molecule has 6 nitrogen and oxygen atoms in total. The van der Waals surface area contributed by atoms with Crippen LogP contribution in [0.1, 0.15) is 123 Å². The number of aromatic nitrogens is 4. The summed E-state index contributed by atoms with van der Waals surface area (Å²) < 4.78 is 10.2. The fraction of sp³-hybridized carbons (Fsp3) is 0.153. The zero-order chi connectivity index (χ0) is 84.8. The highest BCUT2D eigenvalue weighted by Gasteiger charge is 2.45. The Labute approximate surface area is 732 Å². The first-order valence-corrected chi connectivity index (χ1v) is 44.6. The summed E-state index contributed by atoms with van der Waals surface area (Å²) in [7, 11) is 0. The molecule has 20 aromatic rings. The van der Waals surface area contributed by atoms with Crippen molar-refractivity contribution >= 4 is 144 Å². The standard InChI is InChI=1S/C118H99BN6/c1-115(2,3)82-45-54-105-95(65-82)96-66-83(116(4,5)6)46-55-106(96)122(105)88-50-53-101-111(71-88)125(90-63-80(76-35-21-15-22-36-76)60-81(64-90)77-37-23-16-24-38-77)113-73-91(123-107-56-47-84(117(7,8)9)67-97(107)98-68-85(118(10,11)12)48-57-108(98)123)72-112-114(113)119(101)100-52-49-87(70-110(100)124(112)89-61-78(74-31-17-13-18-32-74)59-79(62-89)75-33-19-14-20-34-75)121-104-44-30-27-41-94(104)99-69-86(51-58-109(99)121)120-102-42-28-25-39-92(102)93-40-26-29-43-103(93)120/h13-37,39-73,77H,38H2,1-12H3. The second-order valence-electron chi connectivity index (χ2n) is 39.3. The van der Waals surface area contributed by atoms with Crippen LogP contribution < -0.4 is 26.2 Å². The first-order chi connectivity index (χ1) is 60.5. The fourth-order valence-electron chi connectivity index (χ4n) is 20.9. The lowest BCUT2D eigenvalue weighted by Gasteiger charge is -2.45. The van der Waals surface area contributed by atoms with Crippen LogP contribution in [-0.4, -0.2) is 25.0 Å². The Morgan fingerprint density at radius 1 is 0.240 bits per heavy atom.